The molecular weight excluding hydrogens is 228 g/mol. The van der Waals surface area contributed by atoms with E-state index >= 15 is 0 Å². The molecule has 1 aliphatic rings. The van der Waals surface area contributed by atoms with Crippen molar-refractivity contribution < 1.29 is 4.92 Å². The summed E-state index contributed by atoms with van der Waals surface area (Å²) in [6.07, 6.45) is 6.80. The maximum Gasteiger partial charge on any atom is 0.269 e. The highest BCUT2D eigenvalue weighted by molar-refractivity contribution is 5.34. The largest absolute Gasteiger partial charge is 0.327 e. The number of non-ortho nitro benzene ring substituents is 1. The first kappa shape index (κ1) is 13.0. The summed E-state index contributed by atoms with van der Waals surface area (Å²) in [6.45, 7) is 0. The molecular formula is C14H20N2O2. The fraction of sp³-hybridized carbons (Fsp3) is 0.571. The summed E-state index contributed by atoms with van der Waals surface area (Å²) in [6, 6.07) is 7.18. The highest BCUT2D eigenvalue weighted by atomic mass is 16.6. The van der Waals surface area contributed by atoms with Crippen LogP contribution < -0.4 is 5.73 Å². The minimum atomic E-state index is -0.337. The molecule has 2 atom stereocenters. The summed E-state index contributed by atoms with van der Waals surface area (Å²) in [5, 5.41) is 10.7. The minimum absolute atomic E-state index is 0.176. The standard InChI is InChI=1S/C14H20N2O2/c15-14-8-3-1-2-6-12(14)9-11-5-4-7-13(10-11)16(17)18/h4-5,7,10,12,14H,1-3,6,8-9,15H2. The lowest BCUT2D eigenvalue weighted by molar-refractivity contribution is -0.384. The van der Waals surface area contributed by atoms with Crippen LogP contribution in [0.4, 0.5) is 5.69 Å². The summed E-state index contributed by atoms with van der Waals surface area (Å²) in [5.74, 6) is 0.467. The Morgan fingerprint density at radius 1 is 1.28 bits per heavy atom. The van der Waals surface area contributed by atoms with Crippen molar-refractivity contribution in [2.45, 2.75) is 44.6 Å². The van der Waals surface area contributed by atoms with E-state index in [9.17, 15) is 10.1 Å². The molecule has 18 heavy (non-hydrogen) atoms. The lowest BCUT2D eigenvalue weighted by Crippen LogP contribution is -2.30. The molecule has 1 aliphatic carbocycles. The number of nitrogens with zero attached hydrogens (tertiary/aromatic N) is 1. The molecule has 2 unspecified atom stereocenters. The Kier molecular flexibility index (Phi) is 4.31. The molecule has 0 saturated heterocycles. The zero-order valence-corrected chi connectivity index (χ0v) is 10.5. The van der Waals surface area contributed by atoms with Crippen molar-refractivity contribution in [3.8, 4) is 0 Å². The van der Waals surface area contributed by atoms with Gasteiger partial charge in [-0.1, -0.05) is 31.4 Å². The number of nitro benzene ring substituents is 1. The van der Waals surface area contributed by atoms with Gasteiger partial charge in [-0.3, -0.25) is 10.1 Å². The number of benzene rings is 1. The second-order valence-corrected chi connectivity index (χ2v) is 5.19. The summed E-state index contributed by atoms with van der Waals surface area (Å²) >= 11 is 0. The first-order valence-corrected chi connectivity index (χ1v) is 6.66. The SMILES string of the molecule is NC1CCCCCC1Cc1cccc([N+](=O)[O-])c1. The normalized spacial score (nSPS) is 24.5. The number of hydrogen-bond acceptors (Lipinski definition) is 3. The van der Waals surface area contributed by atoms with Gasteiger partial charge in [-0.2, -0.15) is 0 Å². The van der Waals surface area contributed by atoms with Crippen LogP contribution in [-0.2, 0) is 6.42 Å². The molecule has 1 aromatic rings. The smallest absolute Gasteiger partial charge is 0.269 e. The summed E-state index contributed by atoms with van der Waals surface area (Å²) in [4.78, 5) is 10.4. The molecule has 0 aromatic heterocycles. The molecule has 2 rings (SSSR count). The van der Waals surface area contributed by atoms with Gasteiger partial charge in [0.25, 0.3) is 5.69 Å². The summed E-state index contributed by atoms with van der Waals surface area (Å²) in [5.41, 5.74) is 7.40. The average Bonchev–Trinajstić information content (AvgIpc) is 2.55. The summed E-state index contributed by atoms with van der Waals surface area (Å²) < 4.78 is 0. The molecule has 0 spiro atoms. The van der Waals surface area contributed by atoms with Crippen LogP contribution in [0.5, 0.6) is 0 Å². The second kappa shape index (κ2) is 5.96. The van der Waals surface area contributed by atoms with E-state index in [1.54, 1.807) is 12.1 Å². The first-order chi connectivity index (χ1) is 8.66. The van der Waals surface area contributed by atoms with Gasteiger partial charge in [-0.05, 0) is 30.7 Å². The van der Waals surface area contributed by atoms with Crippen molar-refractivity contribution in [2.24, 2.45) is 11.7 Å². The third kappa shape index (κ3) is 3.29. The highest BCUT2D eigenvalue weighted by Crippen LogP contribution is 2.26. The van der Waals surface area contributed by atoms with E-state index in [0.29, 0.717) is 5.92 Å². The van der Waals surface area contributed by atoms with Gasteiger partial charge in [0, 0.05) is 18.2 Å². The molecule has 4 heteroatoms. The molecule has 1 fully saturated rings. The minimum Gasteiger partial charge on any atom is -0.327 e. The number of rotatable bonds is 3. The van der Waals surface area contributed by atoms with Crippen LogP contribution in [0.25, 0.3) is 0 Å². The predicted molar refractivity (Wildman–Crippen MR) is 71.4 cm³/mol. The van der Waals surface area contributed by atoms with Gasteiger partial charge in [-0.25, -0.2) is 0 Å². The number of hydrogen-bond donors (Lipinski definition) is 1. The van der Waals surface area contributed by atoms with E-state index in [4.69, 9.17) is 5.73 Å². The zero-order valence-electron chi connectivity index (χ0n) is 10.5. The topological polar surface area (TPSA) is 69.2 Å². The lowest BCUT2D eigenvalue weighted by atomic mass is 9.89. The van der Waals surface area contributed by atoms with Crippen LogP contribution in [0.2, 0.25) is 0 Å². The molecule has 0 bridgehead atoms. The van der Waals surface area contributed by atoms with Crippen LogP contribution in [0.1, 0.15) is 37.7 Å². The van der Waals surface area contributed by atoms with Crippen LogP contribution in [0, 0.1) is 16.0 Å². The van der Waals surface area contributed by atoms with Crippen molar-refractivity contribution >= 4 is 5.69 Å². The van der Waals surface area contributed by atoms with Crippen molar-refractivity contribution in [1.29, 1.82) is 0 Å². The molecule has 4 nitrogen and oxygen atoms in total. The van der Waals surface area contributed by atoms with Gasteiger partial charge in [0.1, 0.15) is 0 Å². The van der Waals surface area contributed by atoms with Crippen LogP contribution >= 0.6 is 0 Å². The van der Waals surface area contributed by atoms with Gasteiger partial charge >= 0.3 is 0 Å². The van der Waals surface area contributed by atoms with E-state index in [1.807, 2.05) is 6.07 Å². The highest BCUT2D eigenvalue weighted by Gasteiger charge is 2.21. The fourth-order valence-corrected chi connectivity index (χ4v) is 2.77. The Hall–Kier alpha value is -1.42. The van der Waals surface area contributed by atoms with Gasteiger partial charge in [0.05, 0.1) is 4.92 Å². The maximum atomic E-state index is 10.7. The molecule has 1 aromatic carbocycles. The van der Waals surface area contributed by atoms with Gasteiger partial charge < -0.3 is 5.73 Å². The van der Waals surface area contributed by atoms with Crippen molar-refractivity contribution in [3.05, 3.63) is 39.9 Å². The Bertz CT molecular complexity index is 420. The van der Waals surface area contributed by atoms with E-state index < -0.39 is 0 Å². The predicted octanol–water partition coefficient (Wildman–Crippen LogP) is 3.04. The van der Waals surface area contributed by atoms with E-state index in [-0.39, 0.29) is 16.7 Å². The molecule has 0 amide bonds. The molecule has 98 valence electrons. The molecule has 0 radical (unpaired) electrons. The third-order valence-corrected chi connectivity index (χ3v) is 3.84. The van der Waals surface area contributed by atoms with Gasteiger partial charge in [-0.15, -0.1) is 0 Å². The number of nitro groups is 1. The quantitative estimate of drug-likeness (QED) is 0.508. The van der Waals surface area contributed by atoms with Crippen molar-refractivity contribution in [2.75, 3.05) is 0 Å². The van der Waals surface area contributed by atoms with E-state index in [1.165, 1.54) is 25.3 Å². The third-order valence-electron chi connectivity index (χ3n) is 3.84. The van der Waals surface area contributed by atoms with Crippen molar-refractivity contribution in [3.63, 3.8) is 0 Å². The number of nitrogens with two attached hydrogens (primary N) is 1. The Morgan fingerprint density at radius 3 is 2.83 bits per heavy atom. The van der Waals surface area contributed by atoms with Gasteiger partial charge in [0.2, 0.25) is 0 Å². The monoisotopic (exact) mass is 248 g/mol. The Balaban J connectivity index is 2.07. The summed E-state index contributed by atoms with van der Waals surface area (Å²) in [7, 11) is 0. The second-order valence-electron chi connectivity index (χ2n) is 5.19. The molecule has 0 aliphatic heterocycles. The van der Waals surface area contributed by atoms with E-state index in [2.05, 4.69) is 0 Å². The van der Waals surface area contributed by atoms with E-state index in [0.717, 1.165) is 24.8 Å². The molecule has 0 heterocycles. The molecule has 2 N–H and O–H groups in total. The lowest BCUT2D eigenvalue weighted by Gasteiger charge is -2.21. The Morgan fingerprint density at radius 2 is 2.06 bits per heavy atom. The molecule has 1 saturated carbocycles. The fourth-order valence-electron chi connectivity index (χ4n) is 2.77. The van der Waals surface area contributed by atoms with Crippen LogP contribution in [0.15, 0.2) is 24.3 Å². The van der Waals surface area contributed by atoms with Gasteiger partial charge in [0.15, 0.2) is 0 Å². The van der Waals surface area contributed by atoms with Crippen molar-refractivity contribution in [1.82, 2.24) is 0 Å². The zero-order chi connectivity index (χ0) is 13.0. The Labute approximate surface area is 107 Å². The first-order valence-electron chi connectivity index (χ1n) is 6.66. The maximum absolute atomic E-state index is 10.7. The van der Waals surface area contributed by atoms with Crippen LogP contribution in [-0.4, -0.2) is 11.0 Å². The van der Waals surface area contributed by atoms with Crippen LogP contribution in [0.3, 0.4) is 0 Å². The average molecular weight is 248 g/mol.